The van der Waals surface area contributed by atoms with Crippen LogP contribution in [0.4, 0.5) is 0 Å². The van der Waals surface area contributed by atoms with Crippen LogP contribution in [0.1, 0.15) is 90.2 Å². The molecular formula is C29H46N2O4. The zero-order valence-corrected chi connectivity index (χ0v) is 22.1. The van der Waals surface area contributed by atoms with E-state index < -0.39 is 23.2 Å². The van der Waals surface area contributed by atoms with Crippen molar-refractivity contribution < 1.29 is 20.1 Å². The number of aromatic hydroxyl groups is 1. The summed E-state index contributed by atoms with van der Waals surface area (Å²) in [6.45, 7) is 10.4. The highest BCUT2D eigenvalue weighted by atomic mass is 16.3. The minimum atomic E-state index is -1.12. The maximum atomic E-state index is 12.8. The lowest BCUT2D eigenvalue weighted by molar-refractivity contribution is -0.166. The number of nitrogens with one attached hydrogen (secondary N) is 1. The van der Waals surface area contributed by atoms with Gasteiger partial charge in [-0.15, -0.1) is 0 Å². The van der Waals surface area contributed by atoms with Crippen LogP contribution in [0.3, 0.4) is 0 Å². The van der Waals surface area contributed by atoms with Crippen molar-refractivity contribution in [3.63, 3.8) is 0 Å². The third kappa shape index (κ3) is 5.12. The summed E-state index contributed by atoms with van der Waals surface area (Å²) >= 11 is 0. The van der Waals surface area contributed by atoms with Crippen molar-refractivity contribution in [1.29, 1.82) is 0 Å². The zero-order valence-electron chi connectivity index (χ0n) is 22.1. The molecule has 4 N–H and O–H groups in total. The third-order valence-electron chi connectivity index (χ3n) is 9.13. The molecule has 0 bridgehead atoms. The number of aliphatic hydroxyl groups is 2. The molecule has 4 rings (SSSR count). The number of carbonyl (C=O) groups is 1. The van der Waals surface area contributed by atoms with Gasteiger partial charge in [-0.25, -0.2) is 0 Å². The van der Waals surface area contributed by atoms with Crippen molar-refractivity contribution in [2.75, 3.05) is 13.1 Å². The van der Waals surface area contributed by atoms with Crippen LogP contribution in [-0.4, -0.2) is 63.0 Å². The smallest absolute Gasteiger partial charge is 0.220 e. The van der Waals surface area contributed by atoms with E-state index in [0.717, 1.165) is 37.1 Å². The Bertz CT molecular complexity index is 901. The van der Waals surface area contributed by atoms with E-state index in [0.29, 0.717) is 43.9 Å². The highest BCUT2D eigenvalue weighted by molar-refractivity contribution is 5.76. The molecular weight excluding hydrogens is 440 g/mol. The molecule has 0 spiro atoms. The maximum absolute atomic E-state index is 12.8. The van der Waals surface area contributed by atoms with Crippen LogP contribution in [0.15, 0.2) is 18.2 Å². The van der Waals surface area contributed by atoms with Crippen molar-refractivity contribution in [1.82, 2.24) is 10.2 Å². The molecule has 0 aromatic heterocycles. The summed E-state index contributed by atoms with van der Waals surface area (Å²) in [5.74, 6) is 1.40. The van der Waals surface area contributed by atoms with Gasteiger partial charge in [0, 0.05) is 30.8 Å². The highest BCUT2D eigenvalue weighted by Crippen LogP contribution is 2.56. The number of rotatable bonds is 10. The number of hydrogen-bond acceptors (Lipinski definition) is 5. The highest BCUT2D eigenvalue weighted by Gasteiger charge is 2.63. The Morgan fingerprint density at radius 2 is 1.97 bits per heavy atom. The van der Waals surface area contributed by atoms with E-state index in [2.05, 4.69) is 37.9 Å². The predicted molar refractivity (Wildman–Crippen MR) is 138 cm³/mol. The van der Waals surface area contributed by atoms with E-state index in [1.54, 1.807) is 12.1 Å². The second-order valence-corrected chi connectivity index (χ2v) is 11.9. The van der Waals surface area contributed by atoms with Crippen molar-refractivity contribution in [3.05, 3.63) is 29.3 Å². The van der Waals surface area contributed by atoms with Gasteiger partial charge < -0.3 is 20.6 Å². The molecule has 3 aliphatic rings. The van der Waals surface area contributed by atoms with E-state index in [1.165, 1.54) is 12.8 Å². The lowest BCUT2D eigenvalue weighted by atomic mass is 9.50. The average Bonchev–Trinajstić information content (AvgIpc) is 3.62. The Kier molecular flexibility index (Phi) is 7.85. The average molecular weight is 487 g/mol. The van der Waals surface area contributed by atoms with Gasteiger partial charge in [0.1, 0.15) is 5.75 Å². The molecule has 0 radical (unpaired) electrons. The number of fused-ring (bicyclic) bond motifs is 3. The van der Waals surface area contributed by atoms with Crippen molar-refractivity contribution in [2.24, 2.45) is 11.8 Å². The first kappa shape index (κ1) is 26.4. The Morgan fingerprint density at radius 1 is 1.23 bits per heavy atom. The van der Waals surface area contributed by atoms with Crippen molar-refractivity contribution >= 4 is 5.91 Å². The maximum Gasteiger partial charge on any atom is 0.220 e. The van der Waals surface area contributed by atoms with E-state index in [-0.39, 0.29) is 17.7 Å². The molecule has 2 fully saturated rings. The SMILES string of the molecule is CCN(CC1CC1)[C@@H]1Cc2ccc(O)cc2[C@@]2(CC)CC(O)[C@@H](NC(=O)CCCC(C)C)C[C@@]12O. The fourth-order valence-corrected chi connectivity index (χ4v) is 6.98. The van der Waals surface area contributed by atoms with Crippen LogP contribution < -0.4 is 5.32 Å². The van der Waals surface area contributed by atoms with E-state index in [1.807, 2.05) is 6.07 Å². The fraction of sp³-hybridized carbons (Fsp3) is 0.759. The van der Waals surface area contributed by atoms with Crippen LogP contribution in [0.2, 0.25) is 0 Å². The Balaban J connectivity index is 1.67. The normalized spacial score (nSPS) is 32.4. The Hall–Kier alpha value is -1.63. The quantitative estimate of drug-likeness (QED) is 0.403. The van der Waals surface area contributed by atoms with Gasteiger partial charge >= 0.3 is 0 Å². The van der Waals surface area contributed by atoms with Gasteiger partial charge in [-0.2, -0.15) is 0 Å². The topological polar surface area (TPSA) is 93.0 Å². The Morgan fingerprint density at radius 3 is 2.60 bits per heavy atom. The van der Waals surface area contributed by atoms with Crippen LogP contribution in [0.5, 0.6) is 5.75 Å². The first-order chi connectivity index (χ1) is 16.6. The number of aliphatic hydroxyl groups excluding tert-OH is 1. The Labute approximate surface area is 211 Å². The number of nitrogens with zero attached hydrogens (tertiary/aromatic N) is 1. The van der Waals surface area contributed by atoms with Gasteiger partial charge in [0.2, 0.25) is 5.91 Å². The summed E-state index contributed by atoms with van der Waals surface area (Å²) < 4.78 is 0. The van der Waals surface area contributed by atoms with Crippen molar-refractivity contribution in [3.8, 4) is 5.75 Å². The monoisotopic (exact) mass is 486 g/mol. The van der Waals surface area contributed by atoms with Crippen LogP contribution in [0, 0.1) is 11.8 Å². The molecule has 0 heterocycles. The molecule has 1 aromatic rings. The van der Waals surface area contributed by atoms with Crippen LogP contribution in [0.25, 0.3) is 0 Å². The zero-order chi connectivity index (χ0) is 25.4. The molecule has 2 saturated carbocycles. The number of benzene rings is 1. The van der Waals surface area contributed by atoms with Gasteiger partial charge in [-0.1, -0.05) is 40.2 Å². The minimum Gasteiger partial charge on any atom is -0.508 e. The van der Waals surface area contributed by atoms with Gasteiger partial charge in [0.05, 0.1) is 17.7 Å². The van der Waals surface area contributed by atoms with E-state index in [9.17, 15) is 20.1 Å². The van der Waals surface area contributed by atoms with E-state index in [4.69, 9.17) is 0 Å². The predicted octanol–water partition coefficient (Wildman–Crippen LogP) is 3.89. The van der Waals surface area contributed by atoms with Crippen LogP contribution in [-0.2, 0) is 16.6 Å². The lowest BCUT2D eigenvalue weighted by Gasteiger charge is -2.62. The van der Waals surface area contributed by atoms with Gasteiger partial charge in [-0.3, -0.25) is 9.69 Å². The third-order valence-corrected chi connectivity index (χ3v) is 9.13. The molecule has 0 aliphatic heterocycles. The molecule has 1 unspecified atom stereocenters. The number of likely N-dealkylation sites (N-methyl/N-ethyl adjacent to an activating group) is 1. The van der Waals surface area contributed by atoms with Gasteiger partial charge in [0.15, 0.2) is 0 Å². The second-order valence-electron chi connectivity index (χ2n) is 11.9. The number of hydrogen-bond donors (Lipinski definition) is 4. The molecule has 1 amide bonds. The summed E-state index contributed by atoms with van der Waals surface area (Å²) in [6.07, 6.45) is 6.07. The van der Waals surface area contributed by atoms with Gasteiger partial charge in [0.25, 0.3) is 0 Å². The molecule has 5 atom stereocenters. The minimum absolute atomic E-state index is 0.0435. The molecule has 6 heteroatoms. The standard InChI is InChI=1S/C29H46N2O4/c1-5-28-17-25(33)24(30-27(34)9-7-8-19(3)4)16-29(28,35)26(31(6-2)18-20-10-11-20)14-21-12-13-22(32)15-23(21)28/h12-13,15,19-20,24-26,32-33,35H,5-11,14,16-18H2,1-4H3,(H,30,34)/t24-,25?,26+,28+,29+/m0/s1. The number of carbonyl (C=O) groups excluding carboxylic acids is 1. The molecule has 196 valence electrons. The lowest BCUT2D eigenvalue weighted by Crippen LogP contribution is -2.73. The molecule has 3 aliphatic carbocycles. The molecule has 6 nitrogen and oxygen atoms in total. The molecule has 1 aromatic carbocycles. The number of amides is 1. The molecule has 35 heavy (non-hydrogen) atoms. The summed E-state index contributed by atoms with van der Waals surface area (Å²) in [5, 5.41) is 37.5. The van der Waals surface area contributed by atoms with Crippen LogP contribution >= 0.6 is 0 Å². The second kappa shape index (κ2) is 10.4. The summed E-state index contributed by atoms with van der Waals surface area (Å²) in [4.78, 5) is 15.2. The first-order valence-corrected chi connectivity index (χ1v) is 13.9. The van der Waals surface area contributed by atoms with E-state index >= 15 is 0 Å². The summed E-state index contributed by atoms with van der Waals surface area (Å²) in [5.41, 5.74) is 0.306. The number of phenols is 1. The van der Waals surface area contributed by atoms with Gasteiger partial charge in [-0.05, 0) is 80.2 Å². The summed E-state index contributed by atoms with van der Waals surface area (Å²) in [7, 11) is 0. The molecule has 0 saturated heterocycles. The first-order valence-electron chi connectivity index (χ1n) is 13.9. The fourth-order valence-electron chi connectivity index (χ4n) is 6.98. The summed E-state index contributed by atoms with van der Waals surface area (Å²) in [6, 6.07) is 4.95. The number of phenolic OH excluding ortho intramolecular Hbond substituents is 1. The van der Waals surface area contributed by atoms with Crippen molar-refractivity contribution in [2.45, 2.75) is 115 Å². The largest absolute Gasteiger partial charge is 0.508 e.